The van der Waals surface area contributed by atoms with Crippen molar-refractivity contribution in [1.82, 2.24) is 10.3 Å². The average molecular weight is 264 g/mol. The molecule has 4 nitrogen and oxygen atoms in total. The number of aromatic nitrogens is 1. The zero-order valence-electron chi connectivity index (χ0n) is 8.68. The molecule has 0 unspecified atom stereocenters. The number of rotatable bonds is 2. The zero-order valence-corrected chi connectivity index (χ0v) is 10.3. The number of halogens is 2. The Morgan fingerprint density at radius 3 is 2.81 bits per heavy atom. The van der Waals surface area contributed by atoms with Crippen LogP contribution in [0.4, 0.5) is 5.82 Å². The van der Waals surface area contributed by atoms with Gasteiger partial charge in [0.1, 0.15) is 5.82 Å². The van der Waals surface area contributed by atoms with E-state index in [1.54, 1.807) is 12.3 Å². The van der Waals surface area contributed by atoms with Gasteiger partial charge < -0.3 is 10.6 Å². The summed E-state index contributed by atoms with van der Waals surface area (Å²) >= 11 is 0. The first-order valence-corrected chi connectivity index (χ1v) is 4.79. The molecule has 1 amide bonds. The van der Waals surface area contributed by atoms with Crippen molar-refractivity contribution in [3.8, 4) is 0 Å². The summed E-state index contributed by atoms with van der Waals surface area (Å²) in [5, 5.41) is 5.95. The number of nitrogens with zero attached hydrogens (tertiary/aromatic N) is 1. The van der Waals surface area contributed by atoms with Crippen LogP contribution in [0, 0.1) is 5.92 Å². The molecule has 0 aromatic carbocycles. The zero-order chi connectivity index (χ0) is 9.80. The van der Waals surface area contributed by atoms with Crippen molar-refractivity contribution in [3.63, 3.8) is 0 Å². The number of nitrogens with one attached hydrogen (secondary N) is 2. The predicted octanol–water partition coefficient (Wildman–Crippen LogP) is 1.47. The second-order valence-electron chi connectivity index (χ2n) is 3.39. The number of amides is 1. The van der Waals surface area contributed by atoms with E-state index in [-0.39, 0.29) is 36.6 Å². The summed E-state index contributed by atoms with van der Waals surface area (Å²) in [6, 6.07) is 5.47. The average Bonchev–Trinajstić information content (AvgIpc) is 2.72. The van der Waals surface area contributed by atoms with E-state index >= 15 is 0 Å². The van der Waals surface area contributed by atoms with Gasteiger partial charge in [0.25, 0.3) is 0 Å². The van der Waals surface area contributed by atoms with Crippen LogP contribution in [-0.2, 0) is 4.79 Å². The Kier molecular flexibility index (Phi) is 7.05. The van der Waals surface area contributed by atoms with Crippen molar-refractivity contribution in [2.75, 3.05) is 18.4 Å². The molecule has 0 radical (unpaired) electrons. The number of anilines is 1. The van der Waals surface area contributed by atoms with E-state index in [0.29, 0.717) is 5.82 Å². The maximum absolute atomic E-state index is 11.6. The highest BCUT2D eigenvalue weighted by Crippen LogP contribution is 2.10. The molecule has 0 bridgehead atoms. The van der Waals surface area contributed by atoms with Gasteiger partial charge in [-0.25, -0.2) is 4.98 Å². The van der Waals surface area contributed by atoms with E-state index < -0.39 is 0 Å². The van der Waals surface area contributed by atoms with Gasteiger partial charge in [0, 0.05) is 12.7 Å². The first-order valence-electron chi connectivity index (χ1n) is 4.79. The van der Waals surface area contributed by atoms with Crippen molar-refractivity contribution in [1.29, 1.82) is 0 Å². The van der Waals surface area contributed by atoms with Crippen LogP contribution in [-0.4, -0.2) is 24.0 Å². The lowest BCUT2D eigenvalue weighted by molar-refractivity contribution is -0.119. The maximum atomic E-state index is 11.6. The molecule has 0 aliphatic carbocycles. The van der Waals surface area contributed by atoms with E-state index in [9.17, 15) is 4.79 Å². The molecule has 2 rings (SSSR count). The monoisotopic (exact) mass is 263 g/mol. The van der Waals surface area contributed by atoms with Crippen molar-refractivity contribution in [2.45, 2.75) is 6.42 Å². The van der Waals surface area contributed by atoms with Gasteiger partial charge >= 0.3 is 0 Å². The Labute approximate surface area is 107 Å². The smallest absolute Gasteiger partial charge is 0.229 e. The predicted molar refractivity (Wildman–Crippen MR) is 68.3 cm³/mol. The molecule has 1 fully saturated rings. The molecule has 6 heteroatoms. The van der Waals surface area contributed by atoms with Gasteiger partial charge in [-0.15, -0.1) is 24.8 Å². The molecule has 1 aromatic rings. The van der Waals surface area contributed by atoms with Crippen molar-refractivity contribution < 1.29 is 4.79 Å². The van der Waals surface area contributed by atoms with Crippen molar-refractivity contribution >= 4 is 36.5 Å². The highest BCUT2D eigenvalue weighted by atomic mass is 35.5. The largest absolute Gasteiger partial charge is 0.316 e. The fraction of sp³-hybridized carbons (Fsp3) is 0.400. The highest BCUT2D eigenvalue weighted by Gasteiger charge is 2.22. The molecule has 16 heavy (non-hydrogen) atoms. The Morgan fingerprint density at radius 1 is 1.44 bits per heavy atom. The van der Waals surface area contributed by atoms with E-state index in [1.807, 2.05) is 12.1 Å². The topological polar surface area (TPSA) is 54.0 Å². The maximum Gasteiger partial charge on any atom is 0.229 e. The summed E-state index contributed by atoms with van der Waals surface area (Å²) in [6.45, 7) is 1.71. The number of hydrogen-bond acceptors (Lipinski definition) is 3. The normalized spacial score (nSPS) is 18.1. The van der Waals surface area contributed by atoms with Crippen molar-refractivity contribution in [2.24, 2.45) is 5.92 Å². The van der Waals surface area contributed by atoms with E-state index in [2.05, 4.69) is 15.6 Å². The first kappa shape index (κ1) is 15.2. The fourth-order valence-electron chi connectivity index (χ4n) is 1.54. The summed E-state index contributed by atoms with van der Waals surface area (Å²) in [7, 11) is 0. The van der Waals surface area contributed by atoms with Crippen LogP contribution >= 0.6 is 24.8 Å². The fourth-order valence-corrected chi connectivity index (χ4v) is 1.54. The van der Waals surface area contributed by atoms with Crippen molar-refractivity contribution in [3.05, 3.63) is 24.4 Å². The van der Waals surface area contributed by atoms with Crippen LogP contribution in [0.1, 0.15) is 6.42 Å². The highest BCUT2D eigenvalue weighted by molar-refractivity contribution is 5.91. The van der Waals surface area contributed by atoms with Crippen LogP contribution in [0.2, 0.25) is 0 Å². The lowest BCUT2D eigenvalue weighted by Crippen LogP contribution is -2.24. The van der Waals surface area contributed by atoms with Gasteiger partial charge in [0.2, 0.25) is 5.91 Å². The standard InChI is InChI=1S/C10H13N3O.2ClH/c14-10(8-4-6-11-7-8)13-9-3-1-2-5-12-9;;/h1-3,5,8,11H,4,6-7H2,(H,12,13,14);2*1H/t8-;;/m0../s1. The lowest BCUT2D eigenvalue weighted by Gasteiger charge is -2.08. The van der Waals surface area contributed by atoms with Crippen LogP contribution in [0.5, 0.6) is 0 Å². The first-order chi connectivity index (χ1) is 6.86. The summed E-state index contributed by atoms with van der Waals surface area (Å²) in [4.78, 5) is 15.7. The molecule has 2 heterocycles. The van der Waals surface area contributed by atoms with E-state index in [0.717, 1.165) is 19.5 Å². The van der Waals surface area contributed by atoms with Crippen LogP contribution in [0.15, 0.2) is 24.4 Å². The van der Waals surface area contributed by atoms with Gasteiger partial charge in [-0.3, -0.25) is 4.79 Å². The third-order valence-corrected chi connectivity index (χ3v) is 2.35. The molecule has 1 aromatic heterocycles. The van der Waals surface area contributed by atoms with Gasteiger partial charge in [-0.1, -0.05) is 6.07 Å². The molecular formula is C10H15Cl2N3O. The number of hydrogen-bond donors (Lipinski definition) is 2. The minimum atomic E-state index is 0. The molecule has 90 valence electrons. The SMILES string of the molecule is Cl.Cl.O=C(Nc1ccccn1)[C@H]1CCNC1. The number of carbonyl (C=O) groups is 1. The quantitative estimate of drug-likeness (QED) is 0.850. The second kappa shape index (κ2) is 7.44. The van der Waals surface area contributed by atoms with Crippen LogP contribution in [0.25, 0.3) is 0 Å². The van der Waals surface area contributed by atoms with Gasteiger partial charge in [0.15, 0.2) is 0 Å². The third-order valence-electron chi connectivity index (χ3n) is 2.35. The third kappa shape index (κ3) is 3.96. The molecule has 1 saturated heterocycles. The lowest BCUT2D eigenvalue weighted by atomic mass is 10.1. The van der Waals surface area contributed by atoms with E-state index in [4.69, 9.17) is 0 Å². The van der Waals surface area contributed by atoms with Gasteiger partial charge in [0.05, 0.1) is 5.92 Å². The second-order valence-corrected chi connectivity index (χ2v) is 3.39. The Bertz CT molecular complexity index is 315. The minimum absolute atomic E-state index is 0. The Balaban J connectivity index is 0.00000112. The number of carbonyl (C=O) groups excluding carboxylic acids is 1. The van der Waals surface area contributed by atoms with Crippen LogP contribution in [0.3, 0.4) is 0 Å². The Hall–Kier alpha value is -0.840. The summed E-state index contributed by atoms with van der Waals surface area (Å²) in [5.41, 5.74) is 0. The molecule has 0 saturated carbocycles. The Morgan fingerprint density at radius 2 is 2.25 bits per heavy atom. The molecule has 1 aliphatic heterocycles. The minimum Gasteiger partial charge on any atom is -0.316 e. The molecule has 0 spiro atoms. The summed E-state index contributed by atoms with van der Waals surface area (Å²) in [6.07, 6.45) is 2.58. The summed E-state index contributed by atoms with van der Waals surface area (Å²) < 4.78 is 0. The van der Waals surface area contributed by atoms with E-state index in [1.165, 1.54) is 0 Å². The van der Waals surface area contributed by atoms with Gasteiger partial charge in [-0.05, 0) is 25.1 Å². The summed E-state index contributed by atoms with van der Waals surface area (Å²) in [5.74, 6) is 0.787. The number of pyridine rings is 1. The van der Waals surface area contributed by atoms with Gasteiger partial charge in [-0.2, -0.15) is 0 Å². The molecular weight excluding hydrogens is 249 g/mol. The molecule has 2 N–H and O–H groups in total. The van der Waals surface area contributed by atoms with Crippen LogP contribution < -0.4 is 10.6 Å². The molecule has 1 aliphatic rings. The molecule has 1 atom stereocenters.